The highest BCUT2D eigenvalue weighted by Gasteiger charge is 2.38. The van der Waals surface area contributed by atoms with Gasteiger partial charge in [0.2, 0.25) is 0 Å². The minimum absolute atomic E-state index is 0.0905. The van der Waals surface area contributed by atoms with Crippen molar-refractivity contribution >= 4 is 27.9 Å². The highest BCUT2D eigenvalue weighted by Crippen LogP contribution is 2.31. The summed E-state index contributed by atoms with van der Waals surface area (Å²) in [5, 5.41) is 20.1. The van der Waals surface area contributed by atoms with Gasteiger partial charge >= 0.3 is 5.69 Å². The van der Waals surface area contributed by atoms with Crippen LogP contribution in [0.4, 0.5) is 5.82 Å². The first kappa shape index (κ1) is 21.6. The zero-order valence-electron chi connectivity index (χ0n) is 19.4. The summed E-state index contributed by atoms with van der Waals surface area (Å²) in [7, 11) is 0. The number of hydrogen-bond donors (Lipinski definition) is 3. The number of aliphatic hydroxyl groups is 1. The van der Waals surface area contributed by atoms with E-state index < -0.39 is 5.60 Å². The Kier molecular flexibility index (Phi) is 5.21. The van der Waals surface area contributed by atoms with Crippen molar-refractivity contribution in [1.29, 1.82) is 0 Å². The smallest absolute Gasteiger partial charge is 0.333 e. The number of H-pyrrole nitrogens is 1. The molecule has 1 fully saturated rings. The molecular formula is C23H30N8O2. The van der Waals surface area contributed by atoms with E-state index in [1.165, 1.54) is 0 Å². The maximum atomic E-state index is 12.8. The Balaban J connectivity index is 1.67. The standard InChI is InChI=1S/C23H30N8O2/c1-5-30-19-15(12-26-30)11-18(31-16-7-6-8-25-20(16)28-22(31)32)27-21(19)29-10-9-24-17(13-29)23(4,33)14(2)3/h6-8,11-12,14,17,24,33H,5,9-10,13H2,1-4H3,(H,25,28,32)/t17-,23+/m1/s1. The lowest BCUT2D eigenvalue weighted by Crippen LogP contribution is -2.62. The summed E-state index contributed by atoms with van der Waals surface area (Å²) in [6, 6.07) is 5.42. The van der Waals surface area contributed by atoms with Crippen LogP contribution in [0.1, 0.15) is 27.7 Å². The first-order valence-electron chi connectivity index (χ1n) is 11.4. The van der Waals surface area contributed by atoms with Gasteiger partial charge in [-0.1, -0.05) is 13.8 Å². The summed E-state index contributed by atoms with van der Waals surface area (Å²) in [4.78, 5) is 27.1. The fourth-order valence-corrected chi connectivity index (χ4v) is 4.56. The minimum atomic E-state index is -0.875. The van der Waals surface area contributed by atoms with Gasteiger partial charge < -0.3 is 15.3 Å². The molecule has 4 aromatic rings. The van der Waals surface area contributed by atoms with E-state index >= 15 is 0 Å². The Hall–Kier alpha value is -3.24. The third kappa shape index (κ3) is 3.50. The highest BCUT2D eigenvalue weighted by atomic mass is 16.3. The number of piperazine rings is 1. The fourth-order valence-electron chi connectivity index (χ4n) is 4.56. The summed E-state index contributed by atoms with van der Waals surface area (Å²) in [5.41, 5.74) is 0.955. The summed E-state index contributed by atoms with van der Waals surface area (Å²) < 4.78 is 3.48. The molecule has 0 unspecified atom stereocenters. The number of aromatic amines is 1. The predicted molar refractivity (Wildman–Crippen MR) is 128 cm³/mol. The van der Waals surface area contributed by atoms with Crippen LogP contribution < -0.4 is 15.9 Å². The molecule has 1 aliphatic rings. The van der Waals surface area contributed by atoms with Gasteiger partial charge in [-0.05, 0) is 38.0 Å². The molecule has 0 radical (unpaired) electrons. The van der Waals surface area contributed by atoms with Gasteiger partial charge in [0.05, 0.1) is 23.4 Å². The molecule has 4 aromatic heterocycles. The maximum Gasteiger partial charge on any atom is 0.333 e. The third-order valence-electron chi connectivity index (χ3n) is 6.92. The van der Waals surface area contributed by atoms with Crippen LogP contribution in [0.2, 0.25) is 0 Å². The van der Waals surface area contributed by atoms with Crippen molar-refractivity contribution in [2.24, 2.45) is 5.92 Å². The highest BCUT2D eigenvalue weighted by molar-refractivity contribution is 5.91. The molecule has 0 saturated carbocycles. The molecule has 1 saturated heterocycles. The monoisotopic (exact) mass is 450 g/mol. The second-order valence-corrected chi connectivity index (χ2v) is 9.17. The molecule has 1 aliphatic heterocycles. The van der Waals surface area contributed by atoms with Gasteiger partial charge in [-0.25, -0.2) is 19.3 Å². The summed E-state index contributed by atoms with van der Waals surface area (Å²) in [6.07, 6.45) is 3.47. The first-order chi connectivity index (χ1) is 15.8. The van der Waals surface area contributed by atoms with Crippen molar-refractivity contribution in [3.8, 4) is 5.82 Å². The van der Waals surface area contributed by atoms with E-state index in [9.17, 15) is 9.90 Å². The fraction of sp³-hybridized carbons (Fsp3) is 0.478. The van der Waals surface area contributed by atoms with Crippen LogP contribution in [0.25, 0.3) is 27.9 Å². The molecule has 2 atom stereocenters. The van der Waals surface area contributed by atoms with E-state index in [1.807, 2.05) is 50.7 Å². The van der Waals surface area contributed by atoms with Crippen molar-refractivity contribution < 1.29 is 5.11 Å². The molecule has 10 heteroatoms. The van der Waals surface area contributed by atoms with Crippen LogP contribution in [0.5, 0.6) is 0 Å². The number of nitrogens with zero attached hydrogens (tertiary/aromatic N) is 6. The number of aromatic nitrogens is 6. The quantitative estimate of drug-likeness (QED) is 0.423. The zero-order valence-corrected chi connectivity index (χ0v) is 19.4. The molecule has 0 spiro atoms. The predicted octanol–water partition coefficient (Wildman–Crippen LogP) is 1.66. The lowest BCUT2D eigenvalue weighted by molar-refractivity contribution is -0.0231. The van der Waals surface area contributed by atoms with Gasteiger partial charge in [-0.3, -0.25) is 9.67 Å². The molecule has 0 aliphatic carbocycles. The average molecular weight is 451 g/mol. The van der Waals surface area contributed by atoms with Gasteiger partial charge in [0.15, 0.2) is 11.5 Å². The van der Waals surface area contributed by atoms with E-state index in [4.69, 9.17) is 4.98 Å². The Bertz CT molecular complexity index is 1370. The summed E-state index contributed by atoms with van der Waals surface area (Å²) in [5.74, 6) is 1.37. The van der Waals surface area contributed by atoms with Crippen LogP contribution in [-0.4, -0.2) is 65.7 Å². The molecule has 174 valence electrons. The number of pyridine rings is 2. The Labute approximate surface area is 191 Å². The lowest BCUT2D eigenvalue weighted by Gasteiger charge is -2.43. The SMILES string of the molecule is CCn1ncc2cc(-n3c(=O)[nH]c4ncccc43)nc(N3CCN[C@@H]([C@@](C)(O)C(C)C)C3)c21. The van der Waals surface area contributed by atoms with Gasteiger partial charge in [-0.15, -0.1) is 0 Å². The Morgan fingerprint density at radius 3 is 2.94 bits per heavy atom. The van der Waals surface area contributed by atoms with Crippen LogP contribution in [0.15, 0.2) is 35.4 Å². The van der Waals surface area contributed by atoms with E-state index in [-0.39, 0.29) is 17.6 Å². The molecule has 5 rings (SSSR count). The zero-order chi connectivity index (χ0) is 23.3. The van der Waals surface area contributed by atoms with Crippen LogP contribution in [-0.2, 0) is 6.54 Å². The Morgan fingerprint density at radius 1 is 1.36 bits per heavy atom. The summed E-state index contributed by atoms with van der Waals surface area (Å²) in [6.45, 7) is 10.7. The largest absolute Gasteiger partial charge is 0.388 e. The average Bonchev–Trinajstić information content (AvgIpc) is 3.38. The number of rotatable bonds is 5. The minimum Gasteiger partial charge on any atom is -0.388 e. The van der Waals surface area contributed by atoms with Crippen LogP contribution in [0.3, 0.4) is 0 Å². The number of aryl methyl sites for hydroxylation is 1. The van der Waals surface area contributed by atoms with Crippen LogP contribution in [0, 0.1) is 5.92 Å². The molecule has 3 N–H and O–H groups in total. The molecular weight excluding hydrogens is 420 g/mol. The molecule has 33 heavy (non-hydrogen) atoms. The third-order valence-corrected chi connectivity index (χ3v) is 6.92. The van der Waals surface area contributed by atoms with Gasteiger partial charge in [-0.2, -0.15) is 5.10 Å². The molecule has 0 bridgehead atoms. The van der Waals surface area contributed by atoms with Gasteiger partial charge in [0, 0.05) is 37.8 Å². The number of anilines is 1. The maximum absolute atomic E-state index is 12.8. The first-order valence-corrected chi connectivity index (χ1v) is 11.4. The molecule has 0 aromatic carbocycles. The van der Waals surface area contributed by atoms with Crippen molar-refractivity contribution in [2.75, 3.05) is 24.5 Å². The van der Waals surface area contributed by atoms with E-state index in [2.05, 4.69) is 25.3 Å². The lowest BCUT2D eigenvalue weighted by atomic mass is 9.84. The molecule has 5 heterocycles. The van der Waals surface area contributed by atoms with E-state index in [0.717, 1.165) is 29.8 Å². The Morgan fingerprint density at radius 2 is 2.18 bits per heavy atom. The number of imidazole rings is 1. The van der Waals surface area contributed by atoms with Gasteiger partial charge in [0.25, 0.3) is 0 Å². The number of hydrogen-bond acceptors (Lipinski definition) is 7. The van der Waals surface area contributed by atoms with Crippen molar-refractivity contribution in [3.05, 3.63) is 41.1 Å². The second-order valence-electron chi connectivity index (χ2n) is 9.17. The number of nitrogens with one attached hydrogen (secondary N) is 2. The molecule has 10 nitrogen and oxygen atoms in total. The second kappa shape index (κ2) is 7.96. The summed E-state index contributed by atoms with van der Waals surface area (Å²) >= 11 is 0. The van der Waals surface area contributed by atoms with E-state index in [1.54, 1.807) is 16.8 Å². The normalized spacial score (nSPS) is 19.0. The van der Waals surface area contributed by atoms with Crippen molar-refractivity contribution in [1.82, 2.24) is 34.6 Å². The van der Waals surface area contributed by atoms with Crippen LogP contribution >= 0.6 is 0 Å². The van der Waals surface area contributed by atoms with E-state index in [0.29, 0.717) is 30.1 Å². The van der Waals surface area contributed by atoms with Crippen molar-refractivity contribution in [3.63, 3.8) is 0 Å². The van der Waals surface area contributed by atoms with Crippen molar-refractivity contribution in [2.45, 2.75) is 45.9 Å². The topological polar surface area (TPSA) is 117 Å². The number of fused-ring (bicyclic) bond motifs is 2. The molecule has 0 amide bonds. The van der Waals surface area contributed by atoms with Gasteiger partial charge in [0.1, 0.15) is 11.3 Å².